The molecule has 2 aromatic rings. The Bertz CT molecular complexity index is 1070. The minimum atomic E-state index is -3.75. The molecule has 0 aromatic heterocycles. The highest BCUT2D eigenvalue weighted by atomic mass is 35.5. The van der Waals surface area contributed by atoms with E-state index in [1.807, 2.05) is 27.7 Å². The summed E-state index contributed by atoms with van der Waals surface area (Å²) < 4.78 is 26.2. The first-order valence-electron chi connectivity index (χ1n) is 10.8. The van der Waals surface area contributed by atoms with Crippen molar-refractivity contribution in [1.82, 2.24) is 10.2 Å². The molecule has 33 heavy (non-hydrogen) atoms. The number of hydrogen-bond donors (Lipinski definition) is 1. The molecular formula is C24H32ClN3O4S. The first kappa shape index (κ1) is 26.7. The third-order valence-electron chi connectivity index (χ3n) is 5.12. The average molecular weight is 494 g/mol. The van der Waals surface area contributed by atoms with Gasteiger partial charge in [-0.2, -0.15) is 0 Å². The Hall–Kier alpha value is -2.58. The van der Waals surface area contributed by atoms with Crippen LogP contribution in [0.2, 0.25) is 5.02 Å². The molecule has 9 heteroatoms. The van der Waals surface area contributed by atoms with Crippen molar-refractivity contribution in [2.45, 2.75) is 52.7 Å². The van der Waals surface area contributed by atoms with Crippen LogP contribution < -0.4 is 9.62 Å². The van der Waals surface area contributed by atoms with Crippen molar-refractivity contribution in [2.24, 2.45) is 0 Å². The predicted octanol–water partition coefficient (Wildman–Crippen LogP) is 3.75. The van der Waals surface area contributed by atoms with Crippen LogP contribution in [0.15, 0.2) is 48.5 Å². The number of nitrogens with zero attached hydrogens (tertiary/aromatic N) is 2. The average Bonchev–Trinajstić information content (AvgIpc) is 2.72. The SMILES string of the molecule is CC[C@H](C(=O)NC(C)C)N(Cc1ccccc1Cl)C(=O)CN(c1ccc(C)cc1)S(C)(=O)=O. The number of carbonyl (C=O) groups excluding carboxylic acids is 2. The maximum absolute atomic E-state index is 13.5. The van der Waals surface area contributed by atoms with E-state index in [4.69, 9.17) is 11.6 Å². The second-order valence-corrected chi connectivity index (χ2v) is 10.6. The van der Waals surface area contributed by atoms with Gasteiger partial charge in [-0.3, -0.25) is 13.9 Å². The lowest BCUT2D eigenvalue weighted by Crippen LogP contribution is -2.53. The monoisotopic (exact) mass is 493 g/mol. The molecule has 0 spiro atoms. The predicted molar refractivity (Wildman–Crippen MR) is 133 cm³/mol. The molecule has 1 N–H and O–H groups in total. The molecule has 2 aromatic carbocycles. The standard InChI is InChI=1S/C24H32ClN3O4S/c1-6-22(24(30)26-17(2)3)27(15-19-9-7-8-10-21(19)25)23(29)16-28(33(5,31)32)20-13-11-18(4)12-14-20/h7-14,17,22H,6,15-16H2,1-5H3,(H,26,30)/t22-/m1/s1. The molecule has 2 rings (SSSR count). The van der Waals surface area contributed by atoms with Crippen LogP contribution in [0.25, 0.3) is 0 Å². The van der Waals surface area contributed by atoms with Gasteiger partial charge in [0.25, 0.3) is 0 Å². The summed E-state index contributed by atoms with van der Waals surface area (Å²) in [4.78, 5) is 27.9. The van der Waals surface area contributed by atoms with E-state index >= 15 is 0 Å². The molecule has 0 heterocycles. The van der Waals surface area contributed by atoms with Crippen molar-refractivity contribution in [2.75, 3.05) is 17.1 Å². The fourth-order valence-corrected chi connectivity index (χ4v) is 4.48. The van der Waals surface area contributed by atoms with E-state index in [1.54, 1.807) is 48.5 Å². The Morgan fingerprint density at radius 1 is 1.06 bits per heavy atom. The maximum atomic E-state index is 13.5. The van der Waals surface area contributed by atoms with Crippen molar-refractivity contribution < 1.29 is 18.0 Å². The number of carbonyl (C=O) groups is 2. The zero-order chi connectivity index (χ0) is 24.8. The van der Waals surface area contributed by atoms with E-state index in [-0.39, 0.29) is 18.5 Å². The second kappa shape index (κ2) is 11.5. The highest BCUT2D eigenvalue weighted by molar-refractivity contribution is 7.92. The van der Waals surface area contributed by atoms with Crippen molar-refractivity contribution in [3.63, 3.8) is 0 Å². The summed E-state index contributed by atoms with van der Waals surface area (Å²) >= 11 is 6.33. The molecule has 0 radical (unpaired) electrons. The van der Waals surface area contributed by atoms with E-state index in [9.17, 15) is 18.0 Å². The van der Waals surface area contributed by atoms with Gasteiger partial charge in [0.1, 0.15) is 12.6 Å². The van der Waals surface area contributed by atoms with Crippen LogP contribution >= 0.6 is 11.6 Å². The summed E-state index contributed by atoms with van der Waals surface area (Å²) in [5.74, 6) is -0.791. The zero-order valence-electron chi connectivity index (χ0n) is 19.7. The molecule has 0 aliphatic rings. The highest BCUT2D eigenvalue weighted by Gasteiger charge is 2.32. The van der Waals surface area contributed by atoms with Crippen molar-refractivity contribution in [3.8, 4) is 0 Å². The van der Waals surface area contributed by atoms with Gasteiger partial charge in [-0.05, 0) is 51.0 Å². The lowest BCUT2D eigenvalue weighted by molar-refractivity contribution is -0.140. The lowest BCUT2D eigenvalue weighted by atomic mass is 10.1. The van der Waals surface area contributed by atoms with Gasteiger partial charge in [0.05, 0.1) is 11.9 Å². The maximum Gasteiger partial charge on any atom is 0.244 e. The van der Waals surface area contributed by atoms with Gasteiger partial charge in [-0.1, -0.05) is 54.4 Å². The van der Waals surface area contributed by atoms with E-state index in [1.165, 1.54) is 4.90 Å². The van der Waals surface area contributed by atoms with Crippen molar-refractivity contribution in [3.05, 3.63) is 64.7 Å². The molecule has 2 amide bonds. The molecule has 0 aliphatic carbocycles. The number of sulfonamides is 1. The summed E-state index contributed by atoms with van der Waals surface area (Å²) in [6.45, 7) is 7.03. The van der Waals surface area contributed by atoms with E-state index in [0.717, 1.165) is 16.1 Å². The first-order chi connectivity index (χ1) is 15.4. The zero-order valence-corrected chi connectivity index (χ0v) is 21.3. The molecule has 7 nitrogen and oxygen atoms in total. The first-order valence-corrected chi connectivity index (χ1v) is 13.0. The van der Waals surface area contributed by atoms with Crippen LogP contribution in [-0.2, 0) is 26.2 Å². The van der Waals surface area contributed by atoms with Gasteiger partial charge < -0.3 is 10.2 Å². The van der Waals surface area contributed by atoms with Crippen molar-refractivity contribution >= 4 is 39.1 Å². The van der Waals surface area contributed by atoms with E-state index in [2.05, 4.69) is 5.32 Å². The number of benzene rings is 2. The van der Waals surface area contributed by atoms with Crippen LogP contribution in [-0.4, -0.2) is 50.0 Å². The fourth-order valence-electron chi connectivity index (χ4n) is 3.44. The number of rotatable bonds is 10. The Labute approximate surface area is 201 Å². The summed E-state index contributed by atoms with van der Waals surface area (Å²) in [5, 5.41) is 3.32. The normalized spacial score (nSPS) is 12.3. The largest absolute Gasteiger partial charge is 0.352 e. The van der Waals surface area contributed by atoms with Gasteiger partial charge >= 0.3 is 0 Å². The molecule has 0 aliphatic heterocycles. The van der Waals surface area contributed by atoms with Crippen LogP contribution in [0, 0.1) is 6.92 Å². The van der Waals surface area contributed by atoms with Gasteiger partial charge in [0, 0.05) is 17.6 Å². The number of amides is 2. The smallest absolute Gasteiger partial charge is 0.244 e. The van der Waals surface area contributed by atoms with Crippen LogP contribution in [0.1, 0.15) is 38.3 Å². The van der Waals surface area contributed by atoms with Gasteiger partial charge in [-0.15, -0.1) is 0 Å². The molecule has 0 unspecified atom stereocenters. The molecule has 0 saturated heterocycles. The third-order valence-corrected chi connectivity index (χ3v) is 6.63. The van der Waals surface area contributed by atoms with Crippen LogP contribution in [0.5, 0.6) is 0 Å². The molecule has 1 atom stereocenters. The summed E-state index contributed by atoms with van der Waals surface area (Å²) in [5.41, 5.74) is 2.02. The highest BCUT2D eigenvalue weighted by Crippen LogP contribution is 2.22. The molecule has 180 valence electrons. The number of hydrogen-bond acceptors (Lipinski definition) is 4. The molecular weight excluding hydrogens is 462 g/mol. The molecule has 0 saturated carbocycles. The topological polar surface area (TPSA) is 86.8 Å². The molecule has 0 bridgehead atoms. The lowest BCUT2D eigenvalue weighted by Gasteiger charge is -2.33. The summed E-state index contributed by atoms with van der Waals surface area (Å²) in [6.07, 6.45) is 1.42. The van der Waals surface area contributed by atoms with Crippen LogP contribution in [0.3, 0.4) is 0 Å². The summed E-state index contributed by atoms with van der Waals surface area (Å²) in [7, 11) is -3.75. The second-order valence-electron chi connectivity index (χ2n) is 8.31. The van der Waals surface area contributed by atoms with Crippen LogP contribution in [0.4, 0.5) is 5.69 Å². The summed E-state index contributed by atoms with van der Waals surface area (Å²) in [6, 6.07) is 13.1. The Morgan fingerprint density at radius 2 is 1.67 bits per heavy atom. The third kappa shape index (κ3) is 7.47. The molecule has 0 fully saturated rings. The van der Waals surface area contributed by atoms with Gasteiger partial charge in [-0.25, -0.2) is 8.42 Å². The number of aryl methyl sites for hydroxylation is 1. The van der Waals surface area contributed by atoms with Gasteiger partial charge in [0.2, 0.25) is 21.8 Å². The number of anilines is 1. The van der Waals surface area contributed by atoms with Crippen molar-refractivity contribution in [1.29, 1.82) is 0 Å². The number of halogens is 1. The quantitative estimate of drug-likeness (QED) is 0.546. The number of nitrogens with one attached hydrogen (secondary N) is 1. The Balaban J connectivity index is 2.44. The van der Waals surface area contributed by atoms with Gasteiger partial charge in [0.15, 0.2) is 0 Å². The van der Waals surface area contributed by atoms with E-state index in [0.29, 0.717) is 22.7 Å². The minimum Gasteiger partial charge on any atom is -0.352 e. The Morgan fingerprint density at radius 3 is 2.18 bits per heavy atom. The van der Waals surface area contributed by atoms with E-state index < -0.39 is 28.5 Å². The minimum absolute atomic E-state index is 0.0774. The fraction of sp³-hybridized carbons (Fsp3) is 0.417. The Kier molecular flexibility index (Phi) is 9.31.